The molecule has 12 nitrogen and oxygen atoms in total. The van der Waals surface area contributed by atoms with Crippen LogP contribution >= 0.6 is 0 Å². The third-order valence-corrected chi connectivity index (χ3v) is 3.79. The molecule has 0 bridgehead atoms. The predicted molar refractivity (Wildman–Crippen MR) is 105 cm³/mol. The normalized spacial score (nSPS) is 10.6. The Balaban J connectivity index is 3.27. The molecule has 0 atom stereocenters. The maximum atomic E-state index is 12.4. The Kier molecular flexibility index (Phi) is 9.45. The number of hydrogen-bond acceptors (Lipinski definition) is 10. The number of carbonyl (C=O) groups excluding carboxylic acids is 3. The van der Waals surface area contributed by atoms with Crippen LogP contribution in [0.5, 0.6) is 11.5 Å². The predicted octanol–water partition coefficient (Wildman–Crippen LogP) is 2.15. The molecule has 12 heteroatoms. The zero-order valence-corrected chi connectivity index (χ0v) is 17.1. The van der Waals surface area contributed by atoms with E-state index in [-0.39, 0.29) is 17.7 Å². The van der Waals surface area contributed by atoms with Crippen molar-refractivity contribution in [3.8, 4) is 17.6 Å². The van der Waals surface area contributed by atoms with Gasteiger partial charge in [0.1, 0.15) is 11.6 Å². The number of nitrogens with zero attached hydrogens (tertiary/aromatic N) is 3. The van der Waals surface area contributed by atoms with E-state index < -0.39 is 46.7 Å². The number of nitro benzene ring substituents is 1. The van der Waals surface area contributed by atoms with E-state index >= 15 is 0 Å². The summed E-state index contributed by atoms with van der Waals surface area (Å²) >= 11 is 0. The van der Waals surface area contributed by atoms with Gasteiger partial charge in [-0.3, -0.25) is 14.9 Å². The van der Waals surface area contributed by atoms with Crippen molar-refractivity contribution in [2.45, 2.75) is 20.8 Å². The molecule has 0 unspecified atom stereocenters. The van der Waals surface area contributed by atoms with Crippen molar-refractivity contribution in [1.82, 2.24) is 4.90 Å². The van der Waals surface area contributed by atoms with E-state index in [1.54, 1.807) is 26.8 Å². The summed E-state index contributed by atoms with van der Waals surface area (Å²) in [6.07, 6.45) is -0.373. The fraction of sp³-hybridized carbons (Fsp3) is 0.368. The van der Waals surface area contributed by atoms with Gasteiger partial charge in [0.05, 0.1) is 11.5 Å². The summed E-state index contributed by atoms with van der Waals surface area (Å²) in [5, 5.41) is 30.6. The minimum atomic E-state index is -1.43. The number of likely N-dealkylation sites (N-methyl/N-ethyl adjacent to an activating group) is 1. The molecular formula is C19H21N3O9. The Hall–Kier alpha value is -4.14. The highest BCUT2D eigenvalue weighted by Crippen LogP contribution is 2.38. The van der Waals surface area contributed by atoms with E-state index in [9.17, 15) is 34.9 Å². The number of esters is 1. The molecule has 0 aliphatic rings. The highest BCUT2D eigenvalue weighted by Gasteiger charge is 2.24. The molecule has 0 aliphatic carbocycles. The van der Waals surface area contributed by atoms with Crippen LogP contribution in [0.3, 0.4) is 0 Å². The molecule has 0 saturated heterocycles. The number of carbonyl (C=O) groups is 3. The number of aromatic hydroxyl groups is 1. The summed E-state index contributed by atoms with van der Waals surface area (Å²) in [6, 6.07) is 3.62. The van der Waals surface area contributed by atoms with Crippen LogP contribution < -0.4 is 4.74 Å². The standard InChI is InChI=1S/C19H21N3O9/c1-4-21(5-2)18(25)13(10-20)7-12-8-14(22(27)28)17(24)15(9-12)31-19(26)30-11-16(23)29-6-3/h7-9,24H,4-6,11H2,1-3H3. The van der Waals surface area contributed by atoms with Gasteiger partial charge < -0.3 is 24.2 Å². The van der Waals surface area contributed by atoms with Gasteiger partial charge in [0.2, 0.25) is 5.75 Å². The lowest BCUT2D eigenvalue weighted by Gasteiger charge is -2.17. The van der Waals surface area contributed by atoms with Crippen molar-refractivity contribution < 1.29 is 38.6 Å². The SMILES string of the molecule is CCOC(=O)COC(=O)Oc1cc(C=C(C#N)C(=O)N(CC)CC)cc([N+](=O)[O-])c1O. The van der Waals surface area contributed by atoms with Gasteiger partial charge in [-0.1, -0.05) is 0 Å². The van der Waals surface area contributed by atoms with E-state index in [0.717, 1.165) is 18.2 Å². The first-order valence-electron chi connectivity index (χ1n) is 9.11. The molecular weight excluding hydrogens is 414 g/mol. The Morgan fingerprint density at radius 3 is 2.39 bits per heavy atom. The molecule has 31 heavy (non-hydrogen) atoms. The van der Waals surface area contributed by atoms with Crippen molar-refractivity contribution >= 4 is 29.8 Å². The third kappa shape index (κ3) is 7.00. The molecule has 166 valence electrons. The number of nitriles is 1. The summed E-state index contributed by atoms with van der Waals surface area (Å²) in [4.78, 5) is 47.0. The van der Waals surface area contributed by atoms with Crippen LogP contribution in [0.2, 0.25) is 0 Å². The topological polar surface area (TPSA) is 169 Å². The van der Waals surface area contributed by atoms with Crippen LogP contribution in [-0.4, -0.2) is 59.3 Å². The molecule has 0 heterocycles. The fourth-order valence-corrected chi connectivity index (χ4v) is 2.34. The fourth-order valence-electron chi connectivity index (χ4n) is 2.34. The van der Waals surface area contributed by atoms with Crippen LogP contribution in [-0.2, 0) is 19.1 Å². The first kappa shape index (κ1) is 24.9. The minimum absolute atomic E-state index is 0.0604. The smallest absolute Gasteiger partial charge is 0.499 e. The largest absolute Gasteiger partial charge is 0.514 e. The van der Waals surface area contributed by atoms with Crippen LogP contribution in [0.4, 0.5) is 10.5 Å². The monoisotopic (exact) mass is 435 g/mol. The average molecular weight is 435 g/mol. The lowest BCUT2D eigenvalue weighted by atomic mass is 10.1. The quantitative estimate of drug-likeness (QED) is 0.151. The van der Waals surface area contributed by atoms with E-state index in [1.807, 2.05) is 0 Å². The number of benzene rings is 1. The van der Waals surface area contributed by atoms with Crippen molar-refractivity contribution in [3.63, 3.8) is 0 Å². The first-order chi connectivity index (χ1) is 14.7. The van der Waals surface area contributed by atoms with Gasteiger partial charge in [-0.25, -0.2) is 9.59 Å². The summed E-state index contributed by atoms with van der Waals surface area (Å²) < 4.78 is 13.8. The van der Waals surface area contributed by atoms with Crippen LogP contribution in [0.15, 0.2) is 17.7 Å². The number of nitro groups is 1. The maximum absolute atomic E-state index is 12.4. The number of ether oxygens (including phenoxy) is 3. The van der Waals surface area contributed by atoms with E-state index in [0.29, 0.717) is 13.1 Å². The summed E-state index contributed by atoms with van der Waals surface area (Å²) in [5.41, 5.74) is -1.22. The Labute approximate surface area is 177 Å². The third-order valence-electron chi connectivity index (χ3n) is 3.79. The van der Waals surface area contributed by atoms with E-state index in [2.05, 4.69) is 9.47 Å². The van der Waals surface area contributed by atoms with Gasteiger partial charge in [-0.05, 0) is 38.5 Å². The Morgan fingerprint density at radius 1 is 1.23 bits per heavy atom. The number of rotatable bonds is 9. The van der Waals surface area contributed by atoms with Crippen molar-refractivity contribution in [1.29, 1.82) is 5.26 Å². The molecule has 0 radical (unpaired) electrons. The van der Waals surface area contributed by atoms with Crippen molar-refractivity contribution in [2.24, 2.45) is 0 Å². The molecule has 0 fully saturated rings. The molecule has 0 spiro atoms. The second-order valence-electron chi connectivity index (χ2n) is 5.74. The van der Waals surface area contributed by atoms with Gasteiger partial charge in [0, 0.05) is 19.2 Å². The molecule has 1 amide bonds. The van der Waals surface area contributed by atoms with Crippen molar-refractivity contribution in [3.05, 3.63) is 33.4 Å². The van der Waals surface area contributed by atoms with Crippen molar-refractivity contribution in [2.75, 3.05) is 26.3 Å². The molecule has 1 rings (SSSR count). The average Bonchev–Trinajstić information content (AvgIpc) is 2.73. The van der Waals surface area contributed by atoms with Gasteiger partial charge in [-0.2, -0.15) is 5.26 Å². The first-order valence-corrected chi connectivity index (χ1v) is 9.11. The molecule has 0 saturated carbocycles. The zero-order chi connectivity index (χ0) is 23.6. The number of amides is 1. The van der Waals surface area contributed by atoms with E-state index in [4.69, 9.17) is 4.74 Å². The van der Waals surface area contributed by atoms with Gasteiger partial charge >= 0.3 is 17.8 Å². The highest BCUT2D eigenvalue weighted by molar-refractivity contribution is 6.01. The lowest BCUT2D eigenvalue weighted by Crippen LogP contribution is -2.31. The highest BCUT2D eigenvalue weighted by atomic mass is 16.7. The molecule has 1 aromatic rings. The van der Waals surface area contributed by atoms with Crippen LogP contribution in [0, 0.1) is 21.4 Å². The number of hydrogen-bond donors (Lipinski definition) is 1. The van der Waals surface area contributed by atoms with Crippen LogP contribution in [0.25, 0.3) is 6.08 Å². The maximum Gasteiger partial charge on any atom is 0.514 e. The molecule has 1 aromatic carbocycles. The second-order valence-corrected chi connectivity index (χ2v) is 5.74. The molecule has 0 aromatic heterocycles. The number of phenols is 1. The van der Waals surface area contributed by atoms with Gasteiger partial charge in [-0.15, -0.1) is 0 Å². The Bertz CT molecular complexity index is 930. The second kappa shape index (κ2) is 11.8. The number of phenolic OH excluding ortho intramolecular Hbond substituents is 1. The summed E-state index contributed by atoms with van der Waals surface area (Å²) in [5.74, 6) is -3.09. The minimum Gasteiger partial charge on any atom is -0.499 e. The lowest BCUT2D eigenvalue weighted by molar-refractivity contribution is -0.385. The van der Waals surface area contributed by atoms with E-state index in [1.165, 1.54) is 4.90 Å². The van der Waals surface area contributed by atoms with Crippen LogP contribution in [0.1, 0.15) is 26.3 Å². The zero-order valence-electron chi connectivity index (χ0n) is 17.1. The Morgan fingerprint density at radius 2 is 1.87 bits per heavy atom. The van der Waals surface area contributed by atoms with Gasteiger partial charge in [0.25, 0.3) is 5.91 Å². The molecule has 0 aliphatic heterocycles. The molecule has 1 N–H and O–H groups in total. The summed E-state index contributed by atoms with van der Waals surface area (Å²) in [7, 11) is 0. The summed E-state index contributed by atoms with van der Waals surface area (Å²) in [6.45, 7) is 4.95. The van der Waals surface area contributed by atoms with Gasteiger partial charge in [0.15, 0.2) is 12.4 Å².